The molecule has 0 fully saturated rings. The lowest BCUT2D eigenvalue weighted by Gasteiger charge is -2.12. The highest BCUT2D eigenvalue weighted by Crippen LogP contribution is 2.44. The second-order valence-corrected chi connectivity index (χ2v) is 9.73. The van der Waals surface area contributed by atoms with E-state index in [1.54, 1.807) is 37.4 Å². The van der Waals surface area contributed by atoms with E-state index in [-0.39, 0.29) is 16.9 Å². The first kappa shape index (κ1) is 24.4. The third-order valence-corrected chi connectivity index (χ3v) is 7.37. The maximum Gasteiger partial charge on any atom is 0.269 e. The van der Waals surface area contributed by atoms with Gasteiger partial charge in [0.1, 0.15) is 11.5 Å². The van der Waals surface area contributed by atoms with Gasteiger partial charge in [0.15, 0.2) is 5.75 Å². The molecule has 2 aromatic heterocycles. The van der Waals surface area contributed by atoms with Crippen LogP contribution >= 0.6 is 0 Å². The van der Waals surface area contributed by atoms with Crippen molar-refractivity contribution in [2.24, 2.45) is 0 Å². The molecule has 0 aliphatic heterocycles. The van der Waals surface area contributed by atoms with Crippen molar-refractivity contribution in [3.05, 3.63) is 136 Å². The molecule has 7 aromatic rings. The predicted octanol–water partition coefficient (Wildman–Crippen LogP) is 8.09. The summed E-state index contributed by atoms with van der Waals surface area (Å²) in [6.45, 7) is 0. The minimum absolute atomic E-state index is 0.0254. The Morgan fingerprint density at radius 1 is 0.732 bits per heavy atom. The van der Waals surface area contributed by atoms with Crippen LogP contribution in [0, 0.1) is 10.1 Å². The van der Waals surface area contributed by atoms with E-state index in [0.29, 0.717) is 28.0 Å². The van der Waals surface area contributed by atoms with E-state index in [0.717, 1.165) is 33.1 Å². The molecule has 0 spiro atoms. The molecule has 7 nitrogen and oxygen atoms in total. The summed E-state index contributed by atoms with van der Waals surface area (Å²) in [7, 11) is 1.61. The Kier molecular flexibility index (Phi) is 5.64. The highest BCUT2D eigenvalue weighted by molar-refractivity contribution is 6.14. The Morgan fingerprint density at radius 2 is 1.41 bits per heavy atom. The number of pyridine rings is 1. The summed E-state index contributed by atoms with van der Waals surface area (Å²) in [6.07, 6.45) is 0. The largest absolute Gasteiger partial charge is 0.497 e. The molecule has 0 unspecified atom stereocenters. The normalized spacial score (nSPS) is 11.3. The lowest BCUT2D eigenvalue weighted by molar-refractivity contribution is -0.384. The quantitative estimate of drug-likeness (QED) is 0.121. The number of aromatic nitrogens is 1. The number of methoxy groups -OCH3 is 1. The minimum atomic E-state index is -0.431. The molecule has 0 saturated carbocycles. The second kappa shape index (κ2) is 9.50. The SMILES string of the molecule is COc1ccc(-c2c(-c3ccc([N+](=O)[O-])cc3)c3c(=O)c(Oc4ccccc4)cc4cc5ccccc5n2c43)cc1. The molecule has 0 amide bonds. The molecule has 0 N–H and O–H groups in total. The first-order valence-corrected chi connectivity index (χ1v) is 13.0. The number of hydrogen-bond acceptors (Lipinski definition) is 5. The van der Waals surface area contributed by atoms with Gasteiger partial charge in [0.25, 0.3) is 5.69 Å². The number of rotatable bonds is 6. The lowest BCUT2D eigenvalue weighted by Crippen LogP contribution is -2.06. The van der Waals surface area contributed by atoms with Gasteiger partial charge in [-0.05, 0) is 83.2 Å². The molecule has 41 heavy (non-hydrogen) atoms. The van der Waals surface area contributed by atoms with Crippen molar-refractivity contribution in [2.75, 3.05) is 7.11 Å². The Balaban J connectivity index is 1.66. The molecule has 198 valence electrons. The van der Waals surface area contributed by atoms with Crippen molar-refractivity contribution >= 4 is 32.9 Å². The second-order valence-electron chi connectivity index (χ2n) is 9.73. The fourth-order valence-electron chi connectivity index (χ4n) is 5.54. The Bertz CT molecular complexity index is 2130. The Labute approximate surface area is 233 Å². The van der Waals surface area contributed by atoms with Crippen LogP contribution in [0.2, 0.25) is 0 Å². The zero-order valence-corrected chi connectivity index (χ0v) is 21.9. The van der Waals surface area contributed by atoms with Crippen LogP contribution in [-0.4, -0.2) is 16.4 Å². The molecule has 0 bridgehead atoms. The summed E-state index contributed by atoms with van der Waals surface area (Å²) in [6, 6.07) is 35.1. The van der Waals surface area contributed by atoms with Gasteiger partial charge in [0, 0.05) is 23.1 Å². The predicted molar refractivity (Wildman–Crippen MR) is 160 cm³/mol. The maximum atomic E-state index is 14.3. The number of ether oxygens (including phenoxy) is 2. The van der Waals surface area contributed by atoms with Gasteiger partial charge < -0.3 is 13.9 Å². The fraction of sp³-hybridized carbons (Fsp3) is 0.0294. The average molecular weight is 539 g/mol. The van der Waals surface area contributed by atoms with Crippen molar-refractivity contribution in [1.82, 2.24) is 4.40 Å². The average Bonchev–Trinajstić information content (AvgIpc) is 3.37. The third kappa shape index (κ3) is 3.94. The van der Waals surface area contributed by atoms with E-state index in [4.69, 9.17) is 9.47 Å². The molecule has 0 aliphatic rings. The van der Waals surface area contributed by atoms with Crippen LogP contribution in [0.25, 0.3) is 49.6 Å². The van der Waals surface area contributed by atoms with Crippen LogP contribution in [0.15, 0.2) is 120 Å². The zero-order valence-electron chi connectivity index (χ0n) is 21.9. The number of hydrogen-bond donors (Lipinski definition) is 0. The Morgan fingerprint density at radius 3 is 2.12 bits per heavy atom. The zero-order chi connectivity index (χ0) is 28.1. The molecule has 0 aliphatic carbocycles. The van der Waals surface area contributed by atoms with Crippen molar-refractivity contribution in [3.8, 4) is 39.6 Å². The summed E-state index contributed by atoms with van der Waals surface area (Å²) in [5.74, 6) is 1.47. The van der Waals surface area contributed by atoms with Crippen molar-refractivity contribution < 1.29 is 14.4 Å². The Hall–Kier alpha value is -5.69. The van der Waals surface area contributed by atoms with E-state index in [2.05, 4.69) is 10.5 Å². The van der Waals surface area contributed by atoms with Crippen LogP contribution in [0.4, 0.5) is 5.69 Å². The molecule has 0 saturated heterocycles. The van der Waals surface area contributed by atoms with E-state index in [9.17, 15) is 14.9 Å². The van der Waals surface area contributed by atoms with Crippen LogP contribution in [0.3, 0.4) is 0 Å². The number of non-ortho nitro benzene ring substituents is 1. The van der Waals surface area contributed by atoms with Crippen LogP contribution in [0.1, 0.15) is 0 Å². The molecule has 0 atom stereocenters. The number of benzene rings is 5. The molecule has 7 heteroatoms. The van der Waals surface area contributed by atoms with Crippen LogP contribution in [0.5, 0.6) is 17.2 Å². The van der Waals surface area contributed by atoms with E-state index >= 15 is 0 Å². The first-order valence-electron chi connectivity index (χ1n) is 13.0. The maximum absolute atomic E-state index is 14.3. The van der Waals surface area contributed by atoms with Gasteiger partial charge in [-0.1, -0.05) is 36.4 Å². The molecule has 7 rings (SSSR count). The van der Waals surface area contributed by atoms with Crippen LogP contribution in [-0.2, 0) is 0 Å². The van der Waals surface area contributed by atoms with Crippen LogP contribution < -0.4 is 14.9 Å². The minimum Gasteiger partial charge on any atom is -0.497 e. The van der Waals surface area contributed by atoms with Gasteiger partial charge in [0.2, 0.25) is 5.43 Å². The summed E-state index contributed by atoms with van der Waals surface area (Å²) in [4.78, 5) is 25.3. The van der Waals surface area contributed by atoms with Gasteiger partial charge >= 0.3 is 0 Å². The summed E-state index contributed by atoms with van der Waals surface area (Å²) < 4.78 is 13.7. The molecule has 0 radical (unpaired) electrons. The monoisotopic (exact) mass is 538 g/mol. The molecule has 2 heterocycles. The van der Waals surface area contributed by atoms with E-state index in [1.165, 1.54) is 12.1 Å². The number of nitro groups is 1. The summed E-state index contributed by atoms with van der Waals surface area (Å²) in [5, 5.41) is 13.8. The summed E-state index contributed by atoms with van der Waals surface area (Å²) in [5.41, 5.74) is 4.42. The standard InChI is InChI=1S/C34H22N2O5/c1-40-26-17-13-22(14-18-26)32-30(21-11-15-25(16-12-21)36(38)39)31-33-24(19-23-7-5-6-10-28(23)35(32)33)20-29(34(31)37)41-27-8-3-2-4-9-27/h2-20H,1H3. The van der Waals surface area contributed by atoms with Gasteiger partial charge in [-0.2, -0.15) is 0 Å². The van der Waals surface area contributed by atoms with Gasteiger partial charge in [-0.3, -0.25) is 14.9 Å². The molecular formula is C34H22N2O5. The third-order valence-electron chi connectivity index (χ3n) is 7.37. The van der Waals surface area contributed by atoms with Gasteiger partial charge in [-0.25, -0.2) is 0 Å². The smallest absolute Gasteiger partial charge is 0.269 e. The number of fused-ring (bicyclic) bond motifs is 2. The number of nitro benzene ring substituents is 1. The van der Waals surface area contributed by atoms with Crippen molar-refractivity contribution in [1.29, 1.82) is 0 Å². The topological polar surface area (TPSA) is 83.1 Å². The molecular weight excluding hydrogens is 516 g/mol. The first-order chi connectivity index (χ1) is 20.0. The van der Waals surface area contributed by atoms with Crippen molar-refractivity contribution in [3.63, 3.8) is 0 Å². The van der Waals surface area contributed by atoms with Gasteiger partial charge in [0.05, 0.1) is 34.1 Å². The van der Waals surface area contributed by atoms with E-state index < -0.39 is 4.92 Å². The number of nitrogens with zero attached hydrogens (tertiary/aromatic N) is 2. The van der Waals surface area contributed by atoms with Crippen molar-refractivity contribution in [2.45, 2.75) is 0 Å². The van der Waals surface area contributed by atoms with E-state index in [1.807, 2.05) is 66.7 Å². The lowest BCUT2D eigenvalue weighted by atomic mass is 9.97. The molecule has 5 aromatic carbocycles. The summed E-state index contributed by atoms with van der Waals surface area (Å²) >= 11 is 0. The highest BCUT2D eigenvalue weighted by Gasteiger charge is 2.26. The fourth-order valence-corrected chi connectivity index (χ4v) is 5.54. The van der Waals surface area contributed by atoms with Gasteiger partial charge in [-0.15, -0.1) is 0 Å². The number of para-hydroxylation sites is 2. The highest BCUT2D eigenvalue weighted by atomic mass is 16.6.